The fraction of sp³-hybridized carbons (Fsp3) is 0.604. The number of nitrogens with zero attached hydrogens (tertiary/aromatic N) is 3. The number of ether oxygens (including phenoxy) is 7. The maximum atomic E-state index is 7.56. The Morgan fingerprint density at radius 1 is 0.364 bits per heavy atom. The Kier molecular flexibility index (Phi) is 45.7. The smallest absolute Gasteiger partial charge is 0.186 e. The lowest BCUT2D eigenvalue weighted by Crippen LogP contribution is -2.62. The van der Waals surface area contributed by atoms with Crippen molar-refractivity contribution in [2.24, 2.45) is 0 Å². The van der Waals surface area contributed by atoms with Gasteiger partial charge in [-0.25, -0.2) is 4.68 Å². The first kappa shape index (κ1) is 86.7. The van der Waals surface area contributed by atoms with E-state index < -0.39 is 36.8 Å². The van der Waals surface area contributed by atoms with E-state index in [0.29, 0.717) is 39.6 Å². The van der Waals surface area contributed by atoms with Crippen LogP contribution >= 0.6 is 0 Å². The van der Waals surface area contributed by atoms with Crippen LogP contribution in [0.15, 0.2) is 182 Å². The maximum Gasteiger partial charge on any atom is 0.186 e. The zero-order chi connectivity index (χ0) is 74.3. The molecule has 0 spiro atoms. The third-order valence-corrected chi connectivity index (χ3v) is 21.7. The fourth-order valence-electron chi connectivity index (χ4n) is 15.3. The zero-order valence-corrected chi connectivity index (χ0v) is 66.9. The number of aryl methyl sites for hydroxylation is 1. The van der Waals surface area contributed by atoms with Crippen molar-refractivity contribution < 1.29 is 33.2 Å². The van der Waals surface area contributed by atoms with Crippen LogP contribution in [0.1, 0.15) is 298 Å². The topological polar surface area (TPSA) is 107 Å². The van der Waals surface area contributed by atoms with Gasteiger partial charge < -0.3 is 38.5 Å². The summed E-state index contributed by atoms with van der Waals surface area (Å²) in [7, 11) is 0. The van der Waals surface area contributed by atoms with Crippen molar-refractivity contribution in [1.29, 1.82) is 0 Å². The number of rotatable bonds is 64. The number of hydrogen-bond donors (Lipinski definition) is 1. The molecule has 1 N–H and O–H groups in total. The lowest BCUT2D eigenvalue weighted by molar-refractivity contribution is -0.327. The van der Waals surface area contributed by atoms with Crippen LogP contribution in [0.4, 0.5) is 0 Å². The summed E-state index contributed by atoms with van der Waals surface area (Å²) < 4.78 is 53.5. The molecule has 0 unspecified atom stereocenters. The minimum absolute atomic E-state index is 0.244. The SMILES string of the molecule is CCCCCCCCCCCCCCCCCCCCCCCCCCN[C@@H](CO[C@H]1O[C@H](Cn2cc(-c3ccc(CCC)cc3)nn2)[C@H](OCc2ccccc2)[C@H](OCc2ccccc2)[C@H]1OCc1ccccc1)[C@H](OCc1ccccc1)[C@@H](CCCCCCCCCCCCCC)OCc1ccccc1. The van der Waals surface area contributed by atoms with Gasteiger partial charge in [0.25, 0.3) is 0 Å². The predicted octanol–water partition coefficient (Wildman–Crippen LogP) is 25.0. The van der Waals surface area contributed by atoms with E-state index in [-0.39, 0.29) is 18.8 Å². The molecule has 11 nitrogen and oxygen atoms in total. The fourth-order valence-corrected chi connectivity index (χ4v) is 15.3. The van der Waals surface area contributed by atoms with Crippen LogP contribution < -0.4 is 5.32 Å². The van der Waals surface area contributed by atoms with Crippen LogP contribution in [0.2, 0.25) is 0 Å². The molecule has 1 aliphatic heterocycles. The molecule has 7 aromatic rings. The molecule has 0 bridgehead atoms. The summed E-state index contributed by atoms with van der Waals surface area (Å²) in [5, 5.41) is 13.7. The second-order valence-corrected chi connectivity index (χ2v) is 30.9. The molecule has 0 amide bonds. The van der Waals surface area contributed by atoms with Crippen molar-refractivity contribution in [3.63, 3.8) is 0 Å². The van der Waals surface area contributed by atoms with Crippen molar-refractivity contribution in [2.75, 3.05) is 13.2 Å². The third kappa shape index (κ3) is 36.2. The first-order chi connectivity index (χ1) is 53.1. The van der Waals surface area contributed by atoms with Gasteiger partial charge in [0.2, 0.25) is 0 Å². The normalized spacial score (nSPS) is 16.8. The summed E-state index contributed by atoms with van der Waals surface area (Å²) >= 11 is 0. The molecule has 107 heavy (non-hydrogen) atoms. The van der Waals surface area contributed by atoms with Crippen LogP contribution in [-0.4, -0.2) is 77.1 Å². The third-order valence-electron chi connectivity index (χ3n) is 21.7. The summed E-state index contributed by atoms with van der Waals surface area (Å²) in [5.74, 6) is 0. The highest BCUT2D eigenvalue weighted by Crippen LogP contribution is 2.34. The van der Waals surface area contributed by atoms with Crippen molar-refractivity contribution in [2.45, 2.75) is 360 Å². The molecule has 1 saturated heterocycles. The first-order valence-corrected chi connectivity index (χ1v) is 43.3. The number of nitrogens with one attached hydrogen (secondary N) is 1. The zero-order valence-electron chi connectivity index (χ0n) is 66.9. The Labute approximate surface area is 649 Å². The Morgan fingerprint density at radius 3 is 1.16 bits per heavy atom. The summed E-state index contributed by atoms with van der Waals surface area (Å²) in [6.07, 6.45) is 49.1. The average molecular weight is 1460 g/mol. The molecular weight excluding hydrogens is 1320 g/mol. The van der Waals surface area contributed by atoms with E-state index in [9.17, 15) is 0 Å². The highest BCUT2D eigenvalue weighted by atomic mass is 16.7. The van der Waals surface area contributed by atoms with E-state index in [1.54, 1.807) is 0 Å². The number of hydrogen-bond acceptors (Lipinski definition) is 10. The molecule has 588 valence electrons. The van der Waals surface area contributed by atoms with Gasteiger partial charge in [-0.15, -0.1) is 5.10 Å². The van der Waals surface area contributed by atoms with Crippen molar-refractivity contribution in [3.05, 3.63) is 216 Å². The molecule has 8 rings (SSSR count). The second-order valence-electron chi connectivity index (χ2n) is 30.9. The Morgan fingerprint density at radius 2 is 0.738 bits per heavy atom. The molecule has 1 fully saturated rings. The molecule has 0 saturated carbocycles. The van der Waals surface area contributed by atoms with Crippen LogP contribution in [0.25, 0.3) is 11.3 Å². The van der Waals surface area contributed by atoms with E-state index in [1.165, 1.54) is 211 Å². The van der Waals surface area contributed by atoms with E-state index in [0.717, 1.165) is 90.6 Å². The van der Waals surface area contributed by atoms with E-state index in [2.05, 4.69) is 184 Å². The molecule has 0 aliphatic carbocycles. The molecule has 0 radical (unpaired) electrons. The van der Waals surface area contributed by atoms with E-state index in [1.807, 2.05) is 29.1 Å². The van der Waals surface area contributed by atoms with Gasteiger partial charge in [0.15, 0.2) is 6.29 Å². The van der Waals surface area contributed by atoms with Crippen LogP contribution in [-0.2, 0) is 79.2 Å². The van der Waals surface area contributed by atoms with Crippen molar-refractivity contribution in [1.82, 2.24) is 20.3 Å². The molecule has 2 heterocycles. The van der Waals surface area contributed by atoms with E-state index >= 15 is 0 Å². The molecular formula is C96H142N4O7. The quantitative estimate of drug-likeness (QED) is 0.0370. The van der Waals surface area contributed by atoms with Gasteiger partial charge >= 0.3 is 0 Å². The van der Waals surface area contributed by atoms with Gasteiger partial charge in [-0.3, -0.25) is 0 Å². The lowest BCUT2D eigenvalue weighted by Gasteiger charge is -2.46. The van der Waals surface area contributed by atoms with Gasteiger partial charge in [0.1, 0.15) is 36.2 Å². The minimum Gasteiger partial charge on any atom is -0.371 e. The number of benzene rings is 6. The Balaban J connectivity index is 1.01. The Hall–Kier alpha value is -5.86. The van der Waals surface area contributed by atoms with Gasteiger partial charge in [0, 0.05) is 5.56 Å². The number of unbranched alkanes of at least 4 members (excludes halogenated alkanes) is 34. The van der Waals surface area contributed by atoms with Crippen LogP contribution in [0, 0.1) is 0 Å². The average Bonchev–Trinajstić information content (AvgIpc) is 1.55. The molecule has 1 aliphatic rings. The molecule has 6 aromatic carbocycles. The van der Waals surface area contributed by atoms with Gasteiger partial charge in [0.05, 0.1) is 64.5 Å². The van der Waals surface area contributed by atoms with Gasteiger partial charge in [-0.1, -0.05) is 433 Å². The summed E-state index contributed by atoms with van der Waals surface area (Å²) in [4.78, 5) is 0. The largest absolute Gasteiger partial charge is 0.371 e. The summed E-state index contributed by atoms with van der Waals surface area (Å²) in [6.45, 7) is 10.0. The van der Waals surface area contributed by atoms with Crippen LogP contribution in [0.5, 0.6) is 0 Å². The highest BCUT2D eigenvalue weighted by Gasteiger charge is 2.50. The van der Waals surface area contributed by atoms with Crippen LogP contribution in [0.3, 0.4) is 0 Å². The maximum absolute atomic E-state index is 7.56. The summed E-state index contributed by atoms with van der Waals surface area (Å²) in [6, 6.07) is 60.8. The van der Waals surface area contributed by atoms with E-state index in [4.69, 9.17) is 43.5 Å². The van der Waals surface area contributed by atoms with Crippen molar-refractivity contribution >= 4 is 0 Å². The van der Waals surface area contributed by atoms with Gasteiger partial charge in [-0.05, 0) is 59.2 Å². The first-order valence-electron chi connectivity index (χ1n) is 43.3. The molecule has 8 atom stereocenters. The predicted molar refractivity (Wildman–Crippen MR) is 443 cm³/mol. The monoisotopic (exact) mass is 1460 g/mol. The number of aromatic nitrogens is 3. The lowest BCUT2D eigenvalue weighted by atomic mass is 9.96. The molecule has 1 aromatic heterocycles. The standard InChI is InChI=1S/C96H142N4O7/c1-4-7-9-11-13-15-17-19-20-21-22-23-24-25-26-27-28-29-30-32-34-36-38-55-72-97-89(92(102-76-83-59-46-40-47-60-83)90(101-75-82-57-44-39-45-58-82)67-54-37-35-33-31-18-16-14-12-10-8-5-2)80-106-96-95(105-79-86-65-52-43-53-66-86)94(104-78-85-63-50-42-51-64-85)93(103-77-84-61-48-41-49-62-84)91(107-96)74-100-73-88(98-99-100)87-70-68-81(56-6-3)69-71-87/h39-53,57-66,68-71,73,89-97H,4-38,54-56,67,72,74-80H2,1-3H3/t89-,90+,91+,92-,93-,94-,95+,96-/m0/s1. The highest BCUT2D eigenvalue weighted by molar-refractivity contribution is 5.58. The van der Waals surface area contributed by atoms with Gasteiger partial charge in [-0.2, -0.15) is 0 Å². The molecule has 11 heteroatoms. The second kappa shape index (κ2) is 56.4. The summed E-state index contributed by atoms with van der Waals surface area (Å²) in [5.41, 5.74) is 8.49. The minimum atomic E-state index is -0.918. The van der Waals surface area contributed by atoms with Crippen molar-refractivity contribution in [3.8, 4) is 11.3 Å². The Bertz CT molecular complexity index is 3180.